The minimum atomic E-state index is -0.406. The van der Waals surface area contributed by atoms with Gasteiger partial charge in [0.2, 0.25) is 0 Å². The predicted molar refractivity (Wildman–Crippen MR) is 47.0 cm³/mol. The van der Waals surface area contributed by atoms with Gasteiger partial charge in [0.1, 0.15) is 6.10 Å². The molecule has 3 nitrogen and oxygen atoms in total. The molecule has 3 aliphatic carbocycles. The Morgan fingerprint density at radius 3 is 2.23 bits per heavy atom. The highest BCUT2D eigenvalue weighted by Gasteiger charge is 2.44. The first-order valence-corrected chi connectivity index (χ1v) is 5.04. The number of aliphatic hydroxyl groups is 1. The zero-order valence-electron chi connectivity index (χ0n) is 7.90. The Kier molecular flexibility index (Phi) is 2.28. The fraction of sp³-hybridized carbons (Fsp3) is 0.900. The van der Waals surface area contributed by atoms with Gasteiger partial charge in [-0.2, -0.15) is 0 Å². The van der Waals surface area contributed by atoms with Crippen LogP contribution in [0.25, 0.3) is 0 Å². The monoisotopic (exact) mass is 184 g/mol. The highest BCUT2D eigenvalue weighted by atomic mass is 16.6. The third-order valence-electron chi connectivity index (χ3n) is 3.40. The highest BCUT2D eigenvalue weighted by Crippen LogP contribution is 2.42. The van der Waals surface area contributed by atoms with Crippen LogP contribution in [0.4, 0.5) is 0 Å². The van der Waals surface area contributed by atoms with Crippen molar-refractivity contribution in [2.24, 2.45) is 11.8 Å². The zero-order valence-corrected chi connectivity index (χ0v) is 7.90. The first-order valence-electron chi connectivity index (χ1n) is 5.04. The molecule has 2 atom stereocenters. The van der Waals surface area contributed by atoms with E-state index >= 15 is 0 Å². The van der Waals surface area contributed by atoms with Crippen LogP contribution in [-0.2, 0) is 9.53 Å². The van der Waals surface area contributed by atoms with Gasteiger partial charge >= 0.3 is 5.97 Å². The Hall–Kier alpha value is -0.570. The van der Waals surface area contributed by atoms with Crippen LogP contribution in [0.3, 0.4) is 0 Å². The Morgan fingerprint density at radius 1 is 1.23 bits per heavy atom. The number of ether oxygens (including phenoxy) is 1. The number of hydrogen-bond acceptors (Lipinski definition) is 3. The topological polar surface area (TPSA) is 46.5 Å². The number of hydrogen-bond donors (Lipinski definition) is 1. The molecule has 0 aromatic carbocycles. The minimum Gasteiger partial charge on any atom is -0.459 e. The van der Waals surface area contributed by atoms with E-state index in [2.05, 4.69) is 0 Å². The van der Waals surface area contributed by atoms with Crippen LogP contribution >= 0.6 is 0 Å². The van der Waals surface area contributed by atoms with Crippen molar-refractivity contribution in [3.63, 3.8) is 0 Å². The summed E-state index contributed by atoms with van der Waals surface area (Å²) in [6.07, 6.45) is 3.80. The van der Waals surface area contributed by atoms with E-state index in [1.165, 1.54) is 6.92 Å². The maximum Gasteiger partial charge on any atom is 0.303 e. The van der Waals surface area contributed by atoms with Crippen LogP contribution in [0.2, 0.25) is 0 Å². The molecule has 1 N–H and O–H groups in total. The van der Waals surface area contributed by atoms with Gasteiger partial charge in [-0.3, -0.25) is 4.79 Å². The van der Waals surface area contributed by atoms with E-state index in [0.717, 1.165) is 25.7 Å². The summed E-state index contributed by atoms with van der Waals surface area (Å²) >= 11 is 0. The molecule has 0 saturated heterocycles. The maximum absolute atomic E-state index is 10.8. The van der Waals surface area contributed by atoms with Crippen LogP contribution in [0.1, 0.15) is 32.6 Å². The molecule has 3 heteroatoms. The molecule has 0 radical (unpaired) electrons. The number of rotatable bonds is 1. The molecule has 0 unspecified atom stereocenters. The van der Waals surface area contributed by atoms with E-state index in [-0.39, 0.29) is 12.1 Å². The van der Waals surface area contributed by atoms with Crippen LogP contribution in [-0.4, -0.2) is 23.3 Å². The van der Waals surface area contributed by atoms with E-state index in [9.17, 15) is 9.90 Å². The SMILES string of the molecule is CC(=O)O[C@H]1C2CCC(CC2)[C@@H]1O. The van der Waals surface area contributed by atoms with E-state index in [1.807, 2.05) is 0 Å². The molecule has 0 aromatic rings. The van der Waals surface area contributed by atoms with Crippen LogP contribution < -0.4 is 0 Å². The van der Waals surface area contributed by atoms with Gasteiger partial charge in [-0.05, 0) is 37.5 Å². The van der Waals surface area contributed by atoms with E-state index in [0.29, 0.717) is 11.8 Å². The fourth-order valence-electron chi connectivity index (χ4n) is 2.72. The Morgan fingerprint density at radius 2 is 1.77 bits per heavy atom. The standard InChI is InChI=1S/C10H16O3/c1-6(11)13-10-8-4-2-7(3-5-8)9(10)12/h7-10,12H,2-5H2,1H3/t7?,8?,9-,10-/m0/s1. The molecule has 3 aliphatic rings. The van der Waals surface area contributed by atoms with Crippen molar-refractivity contribution in [1.82, 2.24) is 0 Å². The normalized spacial score (nSPS) is 43.2. The van der Waals surface area contributed by atoms with Crippen LogP contribution in [0, 0.1) is 11.8 Å². The molecule has 3 rings (SSSR count). The number of aliphatic hydroxyl groups excluding tert-OH is 1. The van der Waals surface area contributed by atoms with Gasteiger partial charge in [-0.1, -0.05) is 0 Å². The number of esters is 1. The second kappa shape index (κ2) is 3.29. The lowest BCUT2D eigenvalue weighted by molar-refractivity contribution is -0.172. The van der Waals surface area contributed by atoms with Gasteiger partial charge < -0.3 is 9.84 Å². The molecule has 0 amide bonds. The van der Waals surface area contributed by atoms with Crippen molar-refractivity contribution in [3.8, 4) is 0 Å². The lowest BCUT2D eigenvalue weighted by atomic mass is 9.67. The summed E-state index contributed by atoms with van der Waals surface area (Å²) in [5, 5.41) is 9.83. The third kappa shape index (κ3) is 1.57. The molecule has 0 spiro atoms. The summed E-state index contributed by atoms with van der Waals surface area (Å²) in [6.45, 7) is 1.41. The van der Waals surface area contributed by atoms with Crippen LogP contribution in [0.5, 0.6) is 0 Å². The van der Waals surface area contributed by atoms with Crippen molar-refractivity contribution in [3.05, 3.63) is 0 Å². The average Bonchev–Trinajstić information content (AvgIpc) is 2.11. The smallest absolute Gasteiger partial charge is 0.303 e. The summed E-state index contributed by atoms with van der Waals surface area (Å²) < 4.78 is 5.15. The van der Waals surface area contributed by atoms with E-state index in [1.54, 1.807) is 0 Å². The van der Waals surface area contributed by atoms with Gasteiger partial charge in [-0.25, -0.2) is 0 Å². The first kappa shape index (κ1) is 9.00. The van der Waals surface area contributed by atoms with Gasteiger partial charge in [0.05, 0.1) is 6.10 Å². The molecular weight excluding hydrogens is 168 g/mol. The third-order valence-corrected chi connectivity index (χ3v) is 3.40. The van der Waals surface area contributed by atoms with E-state index < -0.39 is 6.10 Å². The van der Waals surface area contributed by atoms with Gasteiger partial charge in [0.25, 0.3) is 0 Å². The largest absolute Gasteiger partial charge is 0.459 e. The summed E-state index contributed by atoms with van der Waals surface area (Å²) in [4.78, 5) is 10.8. The van der Waals surface area contributed by atoms with Crippen molar-refractivity contribution in [2.45, 2.75) is 44.8 Å². The number of fused-ring (bicyclic) bond motifs is 3. The van der Waals surface area contributed by atoms with Crippen molar-refractivity contribution in [2.75, 3.05) is 0 Å². The molecule has 0 aromatic heterocycles. The van der Waals surface area contributed by atoms with Gasteiger partial charge in [0, 0.05) is 6.92 Å². The quantitative estimate of drug-likeness (QED) is 0.621. The van der Waals surface area contributed by atoms with Crippen molar-refractivity contribution < 1.29 is 14.6 Å². The average molecular weight is 184 g/mol. The Balaban J connectivity index is 2.05. The van der Waals surface area contributed by atoms with E-state index in [4.69, 9.17) is 4.74 Å². The van der Waals surface area contributed by atoms with Crippen molar-refractivity contribution >= 4 is 5.97 Å². The molecule has 0 heterocycles. The molecule has 13 heavy (non-hydrogen) atoms. The van der Waals surface area contributed by atoms with Crippen LogP contribution in [0.15, 0.2) is 0 Å². The number of carbonyl (C=O) groups is 1. The molecule has 3 fully saturated rings. The molecule has 2 bridgehead atoms. The minimum absolute atomic E-state index is 0.218. The highest BCUT2D eigenvalue weighted by molar-refractivity contribution is 5.66. The summed E-state index contributed by atoms with van der Waals surface area (Å²) in [5.74, 6) is 0.509. The summed E-state index contributed by atoms with van der Waals surface area (Å²) in [6, 6.07) is 0. The molecule has 0 aliphatic heterocycles. The Labute approximate surface area is 78.1 Å². The van der Waals surface area contributed by atoms with Gasteiger partial charge in [0.15, 0.2) is 0 Å². The number of carbonyl (C=O) groups excluding carboxylic acids is 1. The zero-order chi connectivity index (χ0) is 9.42. The summed E-state index contributed by atoms with van der Waals surface area (Å²) in [5.41, 5.74) is 0. The van der Waals surface area contributed by atoms with Crippen molar-refractivity contribution in [1.29, 1.82) is 0 Å². The summed E-state index contributed by atoms with van der Waals surface area (Å²) in [7, 11) is 0. The molecule has 3 saturated carbocycles. The fourth-order valence-corrected chi connectivity index (χ4v) is 2.72. The lowest BCUT2D eigenvalue weighted by Gasteiger charge is -2.45. The lowest BCUT2D eigenvalue weighted by Crippen LogP contribution is -2.49. The second-order valence-corrected chi connectivity index (χ2v) is 4.24. The Bertz CT molecular complexity index is 204. The van der Waals surface area contributed by atoms with Gasteiger partial charge in [-0.15, -0.1) is 0 Å². The first-order chi connectivity index (χ1) is 6.18. The predicted octanol–water partition coefficient (Wildman–Crippen LogP) is 1.10. The maximum atomic E-state index is 10.8. The molecular formula is C10H16O3. The second-order valence-electron chi connectivity index (χ2n) is 4.24. The molecule has 74 valence electrons.